The highest BCUT2D eigenvalue weighted by atomic mass is 31.0. The van der Waals surface area contributed by atoms with Crippen molar-refractivity contribution in [2.24, 2.45) is 11.7 Å². The number of nitrogens with zero attached hydrogens (tertiary/aromatic N) is 1. The molecule has 74 valence electrons. The molecule has 2 nitrogen and oxygen atoms in total. The summed E-state index contributed by atoms with van der Waals surface area (Å²) < 4.78 is 0. The lowest BCUT2D eigenvalue weighted by atomic mass is 9.98. The Labute approximate surface area is 83.4 Å². The van der Waals surface area contributed by atoms with Crippen molar-refractivity contribution in [2.75, 3.05) is 0 Å². The topological polar surface area (TPSA) is 49.8 Å². The Morgan fingerprint density at radius 1 is 1.54 bits per heavy atom. The molecule has 0 saturated heterocycles. The Kier molecular flexibility index (Phi) is 5.75. The van der Waals surface area contributed by atoms with Gasteiger partial charge in [0.2, 0.25) is 0 Å². The van der Waals surface area contributed by atoms with E-state index in [4.69, 9.17) is 11.0 Å². The van der Waals surface area contributed by atoms with Crippen LogP contribution in [0.15, 0.2) is 11.3 Å². The predicted molar refractivity (Wildman–Crippen MR) is 60.1 cm³/mol. The monoisotopic (exact) mass is 198 g/mol. The molecule has 0 saturated carbocycles. The normalized spacial score (nSPS) is 17.2. The fourth-order valence-corrected chi connectivity index (χ4v) is 1.73. The van der Waals surface area contributed by atoms with Gasteiger partial charge in [0.15, 0.2) is 0 Å². The van der Waals surface area contributed by atoms with Crippen LogP contribution in [0.25, 0.3) is 0 Å². The molecule has 3 atom stereocenters. The zero-order valence-electron chi connectivity index (χ0n) is 8.67. The van der Waals surface area contributed by atoms with Gasteiger partial charge in [-0.05, 0) is 30.5 Å². The first kappa shape index (κ1) is 12.5. The lowest BCUT2D eigenvalue weighted by Crippen LogP contribution is -2.13. The lowest BCUT2D eigenvalue weighted by molar-refractivity contribution is 0.597. The zero-order valence-corrected chi connectivity index (χ0v) is 9.83. The molecule has 0 aliphatic rings. The van der Waals surface area contributed by atoms with Gasteiger partial charge >= 0.3 is 0 Å². The molecule has 0 heterocycles. The minimum absolute atomic E-state index is 0.376. The second-order valence-electron chi connectivity index (χ2n) is 3.68. The van der Waals surface area contributed by atoms with E-state index >= 15 is 0 Å². The molecule has 0 aliphatic carbocycles. The molecule has 0 fully saturated rings. The average molecular weight is 198 g/mol. The molecule has 0 spiro atoms. The van der Waals surface area contributed by atoms with Crippen LogP contribution >= 0.6 is 9.24 Å². The molecule has 13 heavy (non-hydrogen) atoms. The number of nitrogens with two attached hydrogens (primary N) is 1. The van der Waals surface area contributed by atoms with Gasteiger partial charge in [-0.3, -0.25) is 0 Å². The molecular formula is C10H19N2P. The van der Waals surface area contributed by atoms with Crippen molar-refractivity contribution in [3.05, 3.63) is 11.3 Å². The Hall–Kier alpha value is -0.540. The third-order valence-electron chi connectivity index (χ3n) is 2.09. The Morgan fingerprint density at radius 3 is 2.46 bits per heavy atom. The summed E-state index contributed by atoms with van der Waals surface area (Å²) in [5, 5.41) is 8.51. The number of nitriles is 1. The summed E-state index contributed by atoms with van der Waals surface area (Å²) in [7, 11) is 2.76. The second kappa shape index (κ2) is 6.00. The van der Waals surface area contributed by atoms with E-state index in [9.17, 15) is 0 Å². The van der Waals surface area contributed by atoms with Crippen LogP contribution in [-0.2, 0) is 0 Å². The van der Waals surface area contributed by atoms with E-state index in [1.54, 1.807) is 0 Å². The molecule has 0 rings (SSSR count). The largest absolute Gasteiger partial charge is 0.402 e. The summed E-state index contributed by atoms with van der Waals surface area (Å²) in [5.74, 6) is 0.376. The van der Waals surface area contributed by atoms with Crippen molar-refractivity contribution in [1.29, 1.82) is 5.26 Å². The first-order chi connectivity index (χ1) is 5.99. The van der Waals surface area contributed by atoms with Crippen molar-refractivity contribution in [3.63, 3.8) is 0 Å². The smallest absolute Gasteiger partial charge is 0.0666 e. The minimum Gasteiger partial charge on any atom is -0.402 e. The molecule has 0 aliphatic heterocycles. The highest BCUT2D eigenvalue weighted by Crippen LogP contribution is 2.20. The highest BCUT2D eigenvalue weighted by molar-refractivity contribution is 7.17. The summed E-state index contributed by atoms with van der Waals surface area (Å²) in [6.07, 6.45) is 1.50. The third-order valence-corrected chi connectivity index (χ3v) is 2.37. The van der Waals surface area contributed by atoms with Crippen LogP contribution in [-0.4, -0.2) is 5.66 Å². The highest BCUT2D eigenvalue weighted by Gasteiger charge is 2.10. The van der Waals surface area contributed by atoms with E-state index in [0.29, 0.717) is 18.0 Å². The first-order valence-corrected chi connectivity index (χ1v) is 5.23. The van der Waals surface area contributed by atoms with Crippen LogP contribution in [0.4, 0.5) is 0 Å². The molecule has 0 aromatic rings. The van der Waals surface area contributed by atoms with Crippen LogP contribution in [0, 0.1) is 17.2 Å². The molecule has 2 N–H and O–H groups in total. The van der Waals surface area contributed by atoms with Crippen LogP contribution in [0.5, 0.6) is 0 Å². The van der Waals surface area contributed by atoms with Crippen LogP contribution < -0.4 is 5.73 Å². The van der Waals surface area contributed by atoms with E-state index in [-0.39, 0.29) is 0 Å². The quantitative estimate of drug-likeness (QED) is 0.705. The summed E-state index contributed by atoms with van der Waals surface area (Å²) in [6, 6.07) is 2.11. The van der Waals surface area contributed by atoms with Gasteiger partial charge in [0.25, 0.3) is 0 Å². The molecule has 0 bridgehead atoms. The molecule has 0 radical (unpaired) electrons. The summed E-state index contributed by atoms with van der Waals surface area (Å²) in [6.45, 7) is 6.19. The van der Waals surface area contributed by atoms with Crippen molar-refractivity contribution in [1.82, 2.24) is 0 Å². The van der Waals surface area contributed by atoms with E-state index in [0.717, 1.165) is 17.7 Å². The van der Waals surface area contributed by atoms with E-state index in [2.05, 4.69) is 29.2 Å². The summed E-state index contributed by atoms with van der Waals surface area (Å²) >= 11 is 0. The van der Waals surface area contributed by atoms with Gasteiger partial charge in [0.05, 0.1) is 12.5 Å². The maximum atomic E-state index is 8.51. The standard InChI is InChI=1S/C10H19N2P/c1-7(4-5-11)10(12)8(2)6-9(3)13/h8-9H,4,6,12-13H2,1-3H3/b10-7+. The molecule has 0 aromatic carbocycles. The van der Waals surface area contributed by atoms with Gasteiger partial charge in [-0.25, -0.2) is 0 Å². The van der Waals surface area contributed by atoms with E-state index in [1.165, 1.54) is 0 Å². The van der Waals surface area contributed by atoms with Gasteiger partial charge in [0.1, 0.15) is 0 Å². The van der Waals surface area contributed by atoms with Gasteiger partial charge in [-0.1, -0.05) is 13.8 Å². The maximum absolute atomic E-state index is 8.51. The minimum atomic E-state index is 0.376. The average Bonchev–Trinajstić information content (AvgIpc) is 2.02. The van der Waals surface area contributed by atoms with Crippen molar-refractivity contribution in [3.8, 4) is 6.07 Å². The predicted octanol–water partition coefficient (Wildman–Crippen LogP) is 2.42. The maximum Gasteiger partial charge on any atom is 0.0666 e. The summed E-state index contributed by atoms with van der Waals surface area (Å²) in [4.78, 5) is 0. The van der Waals surface area contributed by atoms with E-state index < -0.39 is 0 Å². The van der Waals surface area contributed by atoms with Crippen molar-refractivity contribution < 1.29 is 0 Å². The van der Waals surface area contributed by atoms with Gasteiger partial charge in [-0.15, -0.1) is 9.24 Å². The lowest BCUT2D eigenvalue weighted by Gasteiger charge is -2.16. The number of hydrogen-bond donors (Lipinski definition) is 1. The van der Waals surface area contributed by atoms with Gasteiger partial charge in [-0.2, -0.15) is 5.26 Å². The van der Waals surface area contributed by atoms with Crippen LogP contribution in [0.1, 0.15) is 33.6 Å². The fourth-order valence-electron chi connectivity index (χ4n) is 1.33. The zero-order chi connectivity index (χ0) is 10.4. The molecular weight excluding hydrogens is 179 g/mol. The number of rotatable bonds is 4. The Bertz CT molecular complexity index is 226. The second-order valence-corrected chi connectivity index (χ2v) is 4.82. The fraction of sp³-hybridized carbons (Fsp3) is 0.700. The molecule has 0 aromatic heterocycles. The van der Waals surface area contributed by atoms with Crippen LogP contribution in [0.2, 0.25) is 0 Å². The Balaban J connectivity index is 4.31. The summed E-state index contributed by atoms with van der Waals surface area (Å²) in [5.41, 5.74) is 8.39. The molecule has 3 unspecified atom stereocenters. The van der Waals surface area contributed by atoms with Gasteiger partial charge < -0.3 is 5.73 Å². The van der Waals surface area contributed by atoms with Gasteiger partial charge in [0, 0.05) is 5.70 Å². The van der Waals surface area contributed by atoms with Crippen LogP contribution in [0.3, 0.4) is 0 Å². The number of allylic oxidation sites excluding steroid dienone is 2. The Morgan fingerprint density at radius 2 is 2.08 bits per heavy atom. The molecule has 0 amide bonds. The first-order valence-electron chi connectivity index (χ1n) is 4.56. The third kappa shape index (κ3) is 4.90. The van der Waals surface area contributed by atoms with Crippen molar-refractivity contribution >= 4 is 9.24 Å². The SMILES string of the molecule is C/C(CC#N)=C(\N)C(C)CC(C)P. The van der Waals surface area contributed by atoms with E-state index in [1.807, 2.05) is 6.92 Å². The van der Waals surface area contributed by atoms with Crippen molar-refractivity contribution in [2.45, 2.75) is 39.3 Å². The number of hydrogen-bond acceptors (Lipinski definition) is 2. The molecule has 3 heteroatoms.